The number of para-hydroxylation sites is 2. The summed E-state index contributed by atoms with van der Waals surface area (Å²) in [4.78, 5) is 126. The maximum atomic E-state index is 15.0. The van der Waals surface area contributed by atoms with E-state index in [1.807, 2.05) is 74.5 Å². The van der Waals surface area contributed by atoms with Gasteiger partial charge in [0, 0.05) is 79.5 Å². The first-order valence-electron chi connectivity index (χ1n) is 29.4. The van der Waals surface area contributed by atoms with Crippen LogP contribution in [0.4, 0.5) is 0 Å². The van der Waals surface area contributed by atoms with Crippen LogP contribution in [0.25, 0.3) is 21.8 Å². The molecule has 0 radical (unpaired) electrons. The van der Waals surface area contributed by atoms with Gasteiger partial charge in [0.1, 0.15) is 53.8 Å². The summed E-state index contributed by atoms with van der Waals surface area (Å²) in [5.74, 6) is -5.15. The summed E-state index contributed by atoms with van der Waals surface area (Å²) in [5, 5.41) is 41.9. The van der Waals surface area contributed by atoms with Crippen LogP contribution >= 0.6 is 0 Å². The number of rotatable bonds is 31. The summed E-state index contributed by atoms with van der Waals surface area (Å²) in [6.07, 6.45) is 4.88. The van der Waals surface area contributed by atoms with E-state index in [0.717, 1.165) is 27.4 Å². The Hall–Kier alpha value is -9.45. The van der Waals surface area contributed by atoms with E-state index in [0.29, 0.717) is 48.2 Å². The largest absolute Gasteiger partial charge is 0.508 e. The zero-order valence-electron chi connectivity index (χ0n) is 49.5. The first-order valence-corrected chi connectivity index (χ1v) is 29.4. The van der Waals surface area contributed by atoms with Crippen LogP contribution < -0.4 is 53.4 Å². The molecule has 1 fully saturated rings. The molecule has 87 heavy (non-hydrogen) atoms. The third-order valence-corrected chi connectivity index (χ3v) is 15.2. The van der Waals surface area contributed by atoms with Gasteiger partial charge >= 0.3 is 0 Å². The Morgan fingerprint density at radius 1 is 0.667 bits per heavy atom. The molecule has 464 valence electrons. The number of hydrogen-bond acceptors (Lipinski definition) is 12. The molecule has 24 nitrogen and oxygen atoms in total. The zero-order chi connectivity index (χ0) is 62.6. The number of likely N-dealkylation sites (N-methyl/N-ethyl adjacent to an activating group) is 1. The lowest BCUT2D eigenvalue weighted by atomic mass is 9.99. The number of aliphatic imine (C=N–C) groups is 1. The van der Waals surface area contributed by atoms with Crippen LogP contribution in [0, 0.1) is 5.92 Å². The number of H-pyrrole nitrogens is 2. The average molecular weight is 1200 g/mol. The number of aromatic nitrogens is 2. The molecule has 24 heteroatoms. The lowest BCUT2D eigenvalue weighted by Gasteiger charge is -2.30. The van der Waals surface area contributed by atoms with Gasteiger partial charge in [-0.3, -0.25) is 43.3 Å². The Bertz CT molecular complexity index is 3360. The maximum Gasteiger partial charge on any atom is 0.245 e. The van der Waals surface area contributed by atoms with Crippen molar-refractivity contribution in [1.82, 2.24) is 52.1 Å². The number of nitrogens with two attached hydrogens (primary N) is 2. The Morgan fingerprint density at radius 2 is 1.18 bits per heavy atom. The number of methoxy groups -OCH3 is 1. The van der Waals surface area contributed by atoms with E-state index >= 15 is 0 Å². The molecule has 0 saturated carbocycles. The Morgan fingerprint density at radius 3 is 1.75 bits per heavy atom. The predicted octanol–water partition coefficient (Wildman–Crippen LogP) is 2.15. The second kappa shape index (κ2) is 31.6. The number of phenolic OH excluding ortho intramolecular Hbond substituents is 1. The lowest BCUT2D eigenvalue weighted by molar-refractivity contribution is -0.142. The van der Waals surface area contributed by atoms with Gasteiger partial charge in [0.2, 0.25) is 47.3 Å². The molecule has 2 aromatic heterocycles. The van der Waals surface area contributed by atoms with E-state index in [9.17, 15) is 48.6 Å². The fourth-order valence-corrected chi connectivity index (χ4v) is 10.7. The molecule has 1 aliphatic rings. The molecule has 0 aliphatic carbocycles. The number of carbonyl (C=O) groups excluding carboxylic acids is 8. The summed E-state index contributed by atoms with van der Waals surface area (Å²) in [6.45, 7) is 5.33. The molecular weight excluding hydrogens is 1110 g/mol. The minimum atomic E-state index is -1.66. The number of aliphatic hydroxyl groups excluding tert-OH is 1. The van der Waals surface area contributed by atoms with Crippen molar-refractivity contribution in [1.29, 1.82) is 0 Å². The second-order valence-electron chi connectivity index (χ2n) is 22.1. The number of aromatic amines is 2. The monoisotopic (exact) mass is 1200 g/mol. The highest BCUT2D eigenvalue weighted by Crippen LogP contribution is 2.24. The molecule has 0 spiro atoms. The van der Waals surface area contributed by atoms with Crippen LogP contribution in [-0.2, 0) is 64.0 Å². The number of fused-ring (bicyclic) bond motifs is 2. The number of ether oxygens (including phenoxy) is 1. The number of amides is 8. The second-order valence-corrected chi connectivity index (χ2v) is 22.1. The number of aromatic hydroxyl groups is 1. The first kappa shape index (κ1) is 65.1. The van der Waals surface area contributed by atoms with Gasteiger partial charge in [-0.05, 0) is 110 Å². The molecule has 0 unspecified atom stereocenters. The standard InChI is InChI=1S/C63H81N13O11/c1-5-66-61(85)54-17-11-29-76(54)62(86)48(16-10-28-67-63(64)65)71-56(80)49(30-37(2)3)72-59(83)52(33-41-35-69-47-15-9-7-13-45(41)47)74-57(81)50(31-39-18-23-42(78)24-19-39)73-60(84)53(36-77)75-58(82)51(32-40-34-68-46-14-8-6-12-44(40)46)70-55(79)27-22-38-20-25-43(87-4)26-21-38/h6-9,12-15,18-21,23-26,34-35,37,48-54,68-69,77-78H,5,10-11,16-17,22,27-33,36H2,1-4H3,(H,66,85)(H,70,79)(H,71,80)(H,72,83)(H,73,84)(H,74,81)(H,75,82)(H4,64,65,67)/t48-,49-,50-,51-,52+,53-,54-/m0/s1. The molecule has 0 bridgehead atoms. The lowest BCUT2D eigenvalue weighted by Crippen LogP contribution is -2.61. The van der Waals surface area contributed by atoms with Crippen molar-refractivity contribution in [3.8, 4) is 11.5 Å². The molecule has 8 amide bonds. The number of nitrogens with one attached hydrogen (secondary N) is 9. The number of aliphatic hydroxyl groups is 1. The molecule has 4 aromatic carbocycles. The number of nitrogens with zero attached hydrogens (tertiary/aromatic N) is 2. The summed E-state index contributed by atoms with van der Waals surface area (Å²) >= 11 is 0. The van der Waals surface area contributed by atoms with Gasteiger partial charge < -0.3 is 78.5 Å². The van der Waals surface area contributed by atoms with Gasteiger partial charge in [0.25, 0.3) is 0 Å². The van der Waals surface area contributed by atoms with Crippen molar-refractivity contribution in [2.45, 2.75) is 127 Å². The number of carbonyl (C=O) groups is 8. The van der Waals surface area contributed by atoms with Crippen molar-refractivity contribution in [3.63, 3.8) is 0 Å². The quantitative estimate of drug-likeness (QED) is 0.0169. The van der Waals surface area contributed by atoms with E-state index in [1.165, 1.54) is 29.2 Å². The molecule has 15 N–H and O–H groups in total. The van der Waals surface area contributed by atoms with Crippen molar-refractivity contribution < 1.29 is 53.3 Å². The summed E-state index contributed by atoms with van der Waals surface area (Å²) in [5.41, 5.74) is 15.3. The van der Waals surface area contributed by atoms with Gasteiger partial charge in [-0.25, -0.2) is 0 Å². The van der Waals surface area contributed by atoms with Crippen LogP contribution in [0.15, 0.2) is 114 Å². The number of aryl methyl sites for hydroxylation is 1. The van der Waals surface area contributed by atoms with Gasteiger partial charge in [-0.1, -0.05) is 74.5 Å². The van der Waals surface area contributed by atoms with E-state index in [-0.39, 0.29) is 81.6 Å². The van der Waals surface area contributed by atoms with Gasteiger partial charge in [-0.2, -0.15) is 0 Å². The highest BCUT2D eigenvalue weighted by Gasteiger charge is 2.39. The number of likely N-dealkylation sites (tertiary alicyclic amines) is 1. The smallest absolute Gasteiger partial charge is 0.245 e. The number of phenols is 1. The molecule has 1 aliphatic heterocycles. The zero-order valence-corrected chi connectivity index (χ0v) is 49.5. The van der Waals surface area contributed by atoms with Crippen LogP contribution in [0.3, 0.4) is 0 Å². The van der Waals surface area contributed by atoms with Crippen LogP contribution in [-0.4, -0.2) is 154 Å². The third-order valence-electron chi connectivity index (χ3n) is 15.2. The molecule has 3 heterocycles. The molecule has 7 atom stereocenters. The molecule has 6 aromatic rings. The summed E-state index contributed by atoms with van der Waals surface area (Å²) in [6, 6.07) is 18.8. The fourth-order valence-electron chi connectivity index (χ4n) is 10.7. The topological polar surface area (TPSA) is 370 Å². The normalized spacial score (nSPS) is 15.1. The number of benzene rings is 4. The Kier molecular flexibility index (Phi) is 23.7. The SMILES string of the molecule is CCNC(=O)[C@@H]1CCCN1C(=O)[C@H](CCCN=C(N)N)NC(=O)[C@H](CC(C)C)NC(=O)[C@@H](Cc1c[nH]c2ccccc12)NC(=O)[C@H](Cc1ccc(O)cc1)NC(=O)[C@H](CO)NC(=O)[C@H](Cc1c[nH]c2ccccc12)NC(=O)CCc1ccc(OC)cc1. The maximum absolute atomic E-state index is 15.0. The van der Waals surface area contributed by atoms with Crippen molar-refractivity contribution in [2.75, 3.05) is 33.4 Å². The highest BCUT2D eigenvalue weighted by atomic mass is 16.5. The van der Waals surface area contributed by atoms with Crippen LogP contribution in [0.5, 0.6) is 11.5 Å². The van der Waals surface area contributed by atoms with Crippen LogP contribution in [0.1, 0.15) is 81.5 Å². The van der Waals surface area contributed by atoms with Gasteiger partial charge in [0.05, 0.1) is 13.7 Å². The average Bonchev–Trinajstić information content (AvgIpc) is 4.51. The molecular formula is C63H81N13O11. The minimum absolute atomic E-state index is 0.00697. The van der Waals surface area contributed by atoms with Crippen molar-refractivity contribution >= 4 is 75.0 Å². The fraction of sp³-hybridized carbons (Fsp3) is 0.413. The van der Waals surface area contributed by atoms with E-state index in [1.54, 1.807) is 38.6 Å². The number of hydrogen-bond donors (Lipinski definition) is 13. The van der Waals surface area contributed by atoms with E-state index in [2.05, 4.69) is 52.2 Å². The molecule has 1 saturated heterocycles. The van der Waals surface area contributed by atoms with Crippen LogP contribution in [0.2, 0.25) is 0 Å². The van der Waals surface area contributed by atoms with E-state index in [4.69, 9.17) is 16.2 Å². The van der Waals surface area contributed by atoms with E-state index < -0.39 is 90.3 Å². The highest BCUT2D eigenvalue weighted by molar-refractivity contribution is 5.99. The van der Waals surface area contributed by atoms with Gasteiger partial charge in [-0.15, -0.1) is 0 Å². The first-order chi connectivity index (χ1) is 41.8. The minimum Gasteiger partial charge on any atom is -0.508 e. The van der Waals surface area contributed by atoms with Gasteiger partial charge in [0.15, 0.2) is 5.96 Å². The molecule has 7 rings (SSSR count). The Labute approximate surface area is 504 Å². The number of guanidine groups is 1. The summed E-state index contributed by atoms with van der Waals surface area (Å²) < 4.78 is 5.26. The summed E-state index contributed by atoms with van der Waals surface area (Å²) in [7, 11) is 1.55. The predicted molar refractivity (Wildman–Crippen MR) is 329 cm³/mol. The van der Waals surface area contributed by atoms with Crippen molar-refractivity contribution in [2.24, 2.45) is 22.4 Å². The Balaban J connectivity index is 1.13. The van der Waals surface area contributed by atoms with Crippen molar-refractivity contribution in [3.05, 3.63) is 132 Å². The third kappa shape index (κ3) is 18.5.